The van der Waals surface area contributed by atoms with Gasteiger partial charge in [-0.15, -0.1) is 0 Å². The number of benzene rings is 1. The summed E-state index contributed by atoms with van der Waals surface area (Å²) in [7, 11) is 0. The number of rotatable bonds is 1. The Balaban J connectivity index is 2.36. The van der Waals surface area contributed by atoms with Gasteiger partial charge in [-0.2, -0.15) is 0 Å². The van der Waals surface area contributed by atoms with Crippen molar-refractivity contribution in [2.24, 2.45) is 0 Å². The minimum Gasteiger partial charge on any atom is -0.339 e. The van der Waals surface area contributed by atoms with Crippen molar-refractivity contribution in [3.8, 4) is 0 Å². The first kappa shape index (κ1) is 14.1. The Bertz CT molecular complexity index is 447. The van der Waals surface area contributed by atoms with Crippen molar-refractivity contribution >= 4 is 23.2 Å². The van der Waals surface area contributed by atoms with Gasteiger partial charge >= 0.3 is 0 Å². The number of ether oxygens (including phenoxy) is 2. The Hall–Kier alpha value is -0.350. The molecule has 1 heterocycles. The fourth-order valence-electron chi connectivity index (χ4n) is 1.69. The smallest absolute Gasteiger partial charge is 0.185 e. The van der Waals surface area contributed by atoms with Crippen LogP contribution in [-0.4, -0.2) is 11.2 Å². The normalized spacial score (nSPS) is 22.4. The molecular weight excluding hydrogens is 278 g/mol. The van der Waals surface area contributed by atoms with E-state index in [0.717, 1.165) is 0 Å². The van der Waals surface area contributed by atoms with Gasteiger partial charge in [0.25, 0.3) is 0 Å². The highest BCUT2D eigenvalue weighted by Crippen LogP contribution is 2.45. The van der Waals surface area contributed by atoms with Gasteiger partial charge < -0.3 is 9.47 Å². The largest absolute Gasteiger partial charge is 0.339 e. The Morgan fingerprint density at radius 2 is 1.39 bits per heavy atom. The number of hydrogen-bond donors (Lipinski definition) is 0. The van der Waals surface area contributed by atoms with Gasteiger partial charge in [0.2, 0.25) is 0 Å². The van der Waals surface area contributed by atoms with E-state index in [9.17, 15) is 4.39 Å². The lowest BCUT2D eigenvalue weighted by atomic mass is 9.90. The molecule has 0 amide bonds. The highest BCUT2D eigenvalue weighted by Gasteiger charge is 2.49. The van der Waals surface area contributed by atoms with Crippen molar-refractivity contribution < 1.29 is 13.9 Å². The fourth-order valence-corrected chi connectivity index (χ4v) is 2.19. The summed E-state index contributed by atoms with van der Waals surface area (Å²) in [5.74, 6) is -0.626. The molecule has 100 valence electrons. The highest BCUT2D eigenvalue weighted by atomic mass is 35.5. The molecule has 18 heavy (non-hydrogen) atoms. The van der Waals surface area contributed by atoms with Crippen LogP contribution < -0.4 is 0 Å². The monoisotopic (exact) mass is 292 g/mol. The third-order valence-corrected chi connectivity index (χ3v) is 4.08. The molecule has 1 aliphatic rings. The summed E-state index contributed by atoms with van der Waals surface area (Å²) in [6.07, 6.45) is -0.592. The highest BCUT2D eigenvalue weighted by molar-refractivity contribution is 6.35. The van der Waals surface area contributed by atoms with Crippen LogP contribution in [0.25, 0.3) is 0 Å². The molecule has 0 saturated carbocycles. The van der Waals surface area contributed by atoms with Crippen molar-refractivity contribution in [2.45, 2.75) is 45.2 Å². The molecule has 0 aliphatic carbocycles. The van der Waals surface area contributed by atoms with Crippen LogP contribution in [0.4, 0.5) is 4.39 Å². The Morgan fingerprint density at radius 3 is 1.78 bits per heavy atom. The first-order valence-corrected chi connectivity index (χ1v) is 6.40. The molecule has 1 aliphatic heterocycles. The molecule has 1 saturated heterocycles. The summed E-state index contributed by atoms with van der Waals surface area (Å²) >= 11 is 11.5. The third kappa shape index (κ3) is 2.25. The lowest BCUT2D eigenvalue weighted by Crippen LogP contribution is -2.41. The molecule has 1 fully saturated rings. The van der Waals surface area contributed by atoms with Crippen molar-refractivity contribution in [2.75, 3.05) is 0 Å². The molecule has 0 spiro atoms. The molecule has 0 bridgehead atoms. The van der Waals surface area contributed by atoms with Crippen LogP contribution in [0.3, 0.4) is 0 Å². The molecule has 0 atom stereocenters. The number of halogens is 3. The van der Waals surface area contributed by atoms with E-state index in [2.05, 4.69) is 0 Å². The summed E-state index contributed by atoms with van der Waals surface area (Å²) in [6, 6.07) is 2.95. The van der Waals surface area contributed by atoms with E-state index in [0.29, 0.717) is 5.56 Å². The Kier molecular flexibility index (Phi) is 3.39. The zero-order valence-corrected chi connectivity index (χ0v) is 12.2. The minimum absolute atomic E-state index is 0.0350. The lowest BCUT2D eigenvalue weighted by molar-refractivity contribution is -0.0895. The van der Waals surface area contributed by atoms with Crippen LogP contribution in [0, 0.1) is 5.82 Å². The van der Waals surface area contributed by atoms with Crippen molar-refractivity contribution in [3.05, 3.63) is 33.6 Å². The van der Waals surface area contributed by atoms with Crippen molar-refractivity contribution in [1.29, 1.82) is 0 Å². The lowest BCUT2D eigenvalue weighted by Gasteiger charge is -2.30. The van der Waals surface area contributed by atoms with Crippen LogP contribution in [-0.2, 0) is 9.47 Å². The maximum Gasteiger partial charge on any atom is 0.185 e. The van der Waals surface area contributed by atoms with Gasteiger partial charge in [-0.3, -0.25) is 0 Å². The third-order valence-electron chi connectivity index (χ3n) is 3.53. The summed E-state index contributed by atoms with van der Waals surface area (Å²) in [5.41, 5.74) is -0.291. The second-order valence-electron chi connectivity index (χ2n) is 5.39. The minimum atomic E-state index is -0.626. The van der Waals surface area contributed by atoms with Crippen molar-refractivity contribution in [1.82, 2.24) is 0 Å². The van der Waals surface area contributed by atoms with Crippen LogP contribution >= 0.6 is 23.2 Å². The molecule has 5 heteroatoms. The van der Waals surface area contributed by atoms with Gasteiger partial charge in [-0.05, 0) is 39.8 Å². The van der Waals surface area contributed by atoms with E-state index in [-0.39, 0.29) is 10.0 Å². The van der Waals surface area contributed by atoms with Gasteiger partial charge in [-0.1, -0.05) is 23.2 Å². The van der Waals surface area contributed by atoms with Gasteiger partial charge in [0, 0.05) is 5.56 Å². The fraction of sp³-hybridized carbons (Fsp3) is 0.538. The molecule has 2 nitrogen and oxygen atoms in total. The molecular formula is C13H15Cl2FO2. The SMILES string of the molecule is CC1(C)OC(c2cc(Cl)c(F)c(Cl)c2)OC1(C)C. The molecule has 1 aromatic rings. The van der Waals surface area contributed by atoms with Gasteiger partial charge in [-0.25, -0.2) is 4.39 Å². The Labute approximate surface area is 116 Å². The van der Waals surface area contributed by atoms with Crippen LogP contribution in [0.1, 0.15) is 39.5 Å². The predicted molar refractivity (Wildman–Crippen MR) is 69.5 cm³/mol. The standard InChI is InChI=1S/C13H15Cl2FO2/c1-12(2)13(3,4)18-11(17-12)7-5-8(14)10(16)9(15)6-7/h5-6,11H,1-4H3. The zero-order chi connectivity index (χ0) is 13.7. The van der Waals surface area contributed by atoms with E-state index in [1.54, 1.807) is 0 Å². The number of hydrogen-bond acceptors (Lipinski definition) is 2. The first-order chi connectivity index (χ1) is 8.14. The average molecular weight is 293 g/mol. The quantitative estimate of drug-likeness (QED) is 0.697. The maximum absolute atomic E-state index is 13.4. The average Bonchev–Trinajstić information content (AvgIpc) is 2.44. The van der Waals surface area contributed by atoms with E-state index >= 15 is 0 Å². The van der Waals surface area contributed by atoms with Crippen molar-refractivity contribution in [3.63, 3.8) is 0 Å². The van der Waals surface area contributed by atoms with Crippen LogP contribution in [0.15, 0.2) is 12.1 Å². The summed E-state index contributed by atoms with van der Waals surface area (Å²) in [5, 5.41) is -0.0700. The van der Waals surface area contributed by atoms with E-state index < -0.39 is 23.3 Å². The predicted octanol–water partition coefficient (Wildman–Crippen LogP) is 4.74. The van der Waals surface area contributed by atoms with Crippen LogP contribution in [0.5, 0.6) is 0 Å². The second-order valence-corrected chi connectivity index (χ2v) is 6.20. The second kappa shape index (κ2) is 4.34. The maximum atomic E-state index is 13.4. The topological polar surface area (TPSA) is 18.5 Å². The van der Waals surface area contributed by atoms with Gasteiger partial charge in [0.15, 0.2) is 12.1 Å². The summed E-state index contributed by atoms with van der Waals surface area (Å²) in [4.78, 5) is 0. The zero-order valence-electron chi connectivity index (χ0n) is 10.7. The Morgan fingerprint density at radius 1 is 1.00 bits per heavy atom. The molecule has 2 rings (SSSR count). The van der Waals surface area contributed by atoms with Gasteiger partial charge in [0.1, 0.15) is 0 Å². The molecule has 1 aromatic carbocycles. The summed E-state index contributed by atoms with van der Waals surface area (Å²) in [6.45, 7) is 7.78. The molecule has 0 aromatic heterocycles. The van der Waals surface area contributed by atoms with E-state index in [1.165, 1.54) is 12.1 Å². The molecule has 0 N–H and O–H groups in total. The van der Waals surface area contributed by atoms with Crippen LogP contribution in [0.2, 0.25) is 10.0 Å². The first-order valence-electron chi connectivity index (χ1n) is 5.64. The van der Waals surface area contributed by atoms with Gasteiger partial charge in [0.05, 0.1) is 21.2 Å². The summed E-state index contributed by atoms with van der Waals surface area (Å²) < 4.78 is 25.0. The van der Waals surface area contributed by atoms with E-state index in [4.69, 9.17) is 32.7 Å². The van der Waals surface area contributed by atoms with E-state index in [1.807, 2.05) is 27.7 Å². The molecule has 0 unspecified atom stereocenters. The molecule has 0 radical (unpaired) electrons.